The highest BCUT2D eigenvalue weighted by molar-refractivity contribution is 6.30. The van der Waals surface area contributed by atoms with E-state index in [1.165, 1.54) is 18.4 Å². The van der Waals surface area contributed by atoms with Crippen molar-refractivity contribution in [3.63, 3.8) is 0 Å². The molecule has 0 amide bonds. The van der Waals surface area contributed by atoms with E-state index in [0.29, 0.717) is 12.0 Å². The van der Waals surface area contributed by atoms with E-state index in [-0.39, 0.29) is 0 Å². The monoisotopic (exact) mass is 289 g/mol. The molecular formula is C16H20ClN3. The van der Waals surface area contributed by atoms with Crippen molar-refractivity contribution in [2.45, 2.75) is 45.2 Å². The molecule has 1 N–H and O–H groups in total. The van der Waals surface area contributed by atoms with Crippen molar-refractivity contribution in [3.05, 3.63) is 46.7 Å². The van der Waals surface area contributed by atoms with Crippen molar-refractivity contribution >= 4 is 11.6 Å². The van der Waals surface area contributed by atoms with Crippen LogP contribution in [0.4, 0.5) is 0 Å². The van der Waals surface area contributed by atoms with Crippen LogP contribution in [0.25, 0.3) is 5.69 Å². The minimum absolute atomic E-state index is 0.441. The van der Waals surface area contributed by atoms with Crippen LogP contribution in [0, 0.1) is 0 Å². The Kier molecular flexibility index (Phi) is 3.81. The van der Waals surface area contributed by atoms with Crippen LogP contribution in [0.5, 0.6) is 0 Å². The van der Waals surface area contributed by atoms with Gasteiger partial charge in [0, 0.05) is 23.8 Å². The summed E-state index contributed by atoms with van der Waals surface area (Å²) in [7, 11) is 0. The Labute approximate surface area is 124 Å². The molecule has 1 aromatic heterocycles. The molecule has 1 aliphatic carbocycles. The van der Waals surface area contributed by atoms with Gasteiger partial charge in [-0.1, -0.05) is 25.4 Å². The van der Waals surface area contributed by atoms with Crippen LogP contribution in [0.2, 0.25) is 5.02 Å². The van der Waals surface area contributed by atoms with E-state index in [2.05, 4.69) is 30.3 Å². The van der Waals surface area contributed by atoms with Crippen molar-refractivity contribution in [2.75, 3.05) is 0 Å². The largest absolute Gasteiger partial charge is 0.310 e. The van der Waals surface area contributed by atoms with E-state index in [0.717, 1.165) is 22.9 Å². The second-order valence-electron chi connectivity index (χ2n) is 5.77. The molecule has 106 valence electrons. The van der Waals surface area contributed by atoms with E-state index in [1.54, 1.807) is 0 Å². The van der Waals surface area contributed by atoms with Gasteiger partial charge in [0.1, 0.15) is 0 Å². The van der Waals surface area contributed by atoms with Crippen LogP contribution >= 0.6 is 11.6 Å². The third-order valence-electron chi connectivity index (χ3n) is 3.65. The standard InChI is InChI=1S/C16H20ClN3/c1-11(2)15-7-8-20(19-15)16-6-3-13(17)9-12(16)10-18-14-4-5-14/h3,6-9,11,14,18H,4-5,10H2,1-2H3. The molecule has 0 aliphatic heterocycles. The average Bonchev–Trinajstić information content (AvgIpc) is 3.11. The van der Waals surface area contributed by atoms with Gasteiger partial charge in [-0.25, -0.2) is 4.68 Å². The lowest BCUT2D eigenvalue weighted by molar-refractivity contribution is 0.679. The third-order valence-corrected chi connectivity index (χ3v) is 3.88. The van der Waals surface area contributed by atoms with Gasteiger partial charge in [-0.3, -0.25) is 0 Å². The number of nitrogens with zero attached hydrogens (tertiary/aromatic N) is 2. The molecule has 1 aliphatic rings. The summed E-state index contributed by atoms with van der Waals surface area (Å²) in [6.45, 7) is 5.16. The van der Waals surface area contributed by atoms with Crippen molar-refractivity contribution < 1.29 is 0 Å². The highest BCUT2D eigenvalue weighted by atomic mass is 35.5. The van der Waals surface area contributed by atoms with Crippen LogP contribution in [0.3, 0.4) is 0 Å². The Hall–Kier alpha value is -1.32. The number of rotatable bonds is 5. The number of hydrogen-bond acceptors (Lipinski definition) is 2. The van der Waals surface area contributed by atoms with E-state index in [9.17, 15) is 0 Å². The van der Waals surface area contributed by atoms with Crippen LogP contribution in [-0.2, 0) is 6.54 Å². The molecule has 3 rings (SSSR count). The SMILES string of the molecule is CC(C)c1ccn(-c2ccc(Cl)cc2CNC2CC2)n1. The molecule has 1 aromatic carbocycles. The topological polar surface area (TPSA) is 29.9 Å². The number of nitrogens with one attached hydrogen (secondary N) is 1. The van der Waals surface area contributed by atoms with Gasteiger partial charge in [0.25, 0.3) is 0 Å². The van der Waals surface area contributed by atoms with Crippen LogP contribution < -0.4 is 5.32 Å². The molecule has 0 unspecified atom stereocenters. The van der Waals surface area contributed by atoms with Gasteiger partial charge in [0.15, 0.2) is 0 Å². The Balaban J connectivity index is 1.89. The molecule has 2 aromatic rings. The van der Waals surface area contributed by atoms with Crippen LogP contribution in [-0.4, -0.2) is 15.8 Å². The second kappa shape index (κ2) is 5.58. The molecule has 3 nitrogen and oxygen atoms in total. The summed E-state index contributed by atoms with van der Waals surface area (Å²) in [5, 5.41) is 8.97. The van der Waals surface area contributed by atoms with Gasteiger partial charge in [-0.2, -0.15) is 5.10 Å². The summed E-state index contributed by atoms with van der Waals surface area (Å²) in [6.07, 6.45) is 4.60. The van der Waals surface area contributed by atoms with Crippen LogP contribution in [0.1, 0.15) is 43.9 Å². The average molecular weight is 290 g/mol. The molecule has 1 fully saturated rings. The zero-order valence-electron chi connectivity index (χ0n) is 11.9. The van der Waals surface area contributed by atoms with Gasteiger partial charge in [-0.05, 0) is 48.6 Å². The molecule has 4 heteroatoms. The van der Waals surface area contributed by atoms with Gasteiger partial charge in [0.05, 0.1) is 11.4 Å². The second-order valence-corrected chi connectivity index (χ2v) is 6.20. The summed E-state index contributed by atoms with van der Waals surface area (Å²) in [6, 6.07) is 8.77. The van der Waals surface area contributed by atoms with E-state index in [4.69, 9.17) is 11.6 Å². The molecule has 0 radical (unpaired) electrons. The molecule has 0 bridgehead atoms. The fourth-order valence-corrected chi connectivity index (χ4v) is 2.44. The Morgan fingerprint density at radius 2 is 2.15 bits per heavy atom. The number of hydrogen-bond donors (Lipinski definition) is 1. The first-order chi connectivity index (χ1) is 9.63. The third kappa shape index (κ3) is 3.05. The van der Waals surface area contributed by atoms with Gasteiger partial charge in [-0.15, -0.1) is 0 Å². The lowest BCUT2D eigenvalue weighted by Crippen LogP contribution is -2.17. The summed E-state index contributed by atoms with van der Waals surface area (Å²) < 4.78 is 1.95. The molecular weight excluding hydrogens is 270 g/mol. The lowest BCUT2D eigenvalue weighted by Gasteiger charge is -2.11. The van der Waals surface area contributed by atoms with Crippen molar-refractivity contribution in [1.82, 2.24) is 15.1 Å². The zero-order chi connectivity index (χ0) is 14.1. The highest BCUT2D eigenvalue weighted by Gasteiger charge is 2.20. The first kappa shape index (κ1) is 13.7. The maximum atomic E-state index is 6.13. The van der Waals surface area contributed by atoms with Crippen LogP contribution in [0.15, 0.2) is 30.5 Å². The lowest BCUT2D eigenvalue weighted by atomic mass is 10.1. The fraction of sp³-hybridized carbons (Fsp3) is 0.438. The van der Waals surface area contributed by atoms with Crippen molar-refractivity contribution in [3.8, 4) is 5.69 Å². The first-order valence-corrected chi connectivity index (χ1v) is 7.59. The molecule has 0 spiro atoms. The van der Waals surface area contributed by atoms with Gasteiger partial charge < -0.3 is 5.32 Å². The van der Waals surface area contributed by atoms with Crippen molar-refractivity contribution in [2.24, 2.45) is 0 Å². The van der Waals surface area contributed by atoms with Gasteiger partial charge >= 0.3 is 0 Å². The summed E-state index contributed by atoms with van der Waals surface area (Å²) >= 11 is 6.13. The minimum atomic E-state index is 0.441. The van der Waals surface area contributed by atoms with Gasteiger partial charge in [0.2, 0.25) is 0 Å². The highest BCUT2D eigenvalue weighted by Crippen LogP contribution is 2.23. The number of halogens is 1. The smallest absolute Gasteiger partial charge is 0.0691 e. The normalized spacial score (nSPS) is 15.0. The number of aromatic nitrogens is 2. The number of benzene rings is 1. The maximum absolute atomic E-state index is 6.13. The predicted octanol–water partition coefficient (Wildman–Crippen LogP) is 3.90. The molecule has 0 saturated heterocycles. The Morgan fingerprint density at radius 3 is 2.80 bits per heavy atom. The maximum Gasteiger partial charge on any atom is 0.0691 e. The van der Waals surface area contributed by atoms with E-state index >= 15 is 0 Å². The molecule has 20 heavy (non-hydrogen) atoms. The zero-order valence-corrected chi connectivity index (χ0v) is 12.7. The van der Waals surface area contributed by atoms with Crippen molar-refractivity contribution in [1.29, 1.82) is 0 Å². The fourth-order valence-electron chi connectivity index (χ4n) is 2.24. The quantitative estimate of drug-likeness (QED) is 0.905. The predicted molar refractivity (Wildman–Crippen MR) is 82.5 cm³/mol. The first-order valence-electron chi connectivity index (χ1n) is 7.21. The summed E-state index contributed by atoms with van der Waals surface area (Å²) in [4.78, 5) is 0. The summed E-state index contributed by atoms with van der Waals surface area (Å²) in [5.41, 5.74) is 3.42. The minimum Gasteiger partial charge on any atom is -0.310 e. The molecule has 1 heterocycles. The molecule has 0 atom stereocenters. The summed E-state index contributed by atoms with van der Waals surface area (Å²) in [5.74, 6) is 0.441. The Bertz CT molecular complexity index is 600. The Morgan fingerprint density at radius 1 is 1.35 bits per heavy atom. The molecule has 1 saturated carbocycles. The van der Waals surface area contributed by atoms with E-state index < -0.39 is 0 Å². The van der Waals surface area contributed by atoms with E-state index in [1.807, 2.05) is 29.1 Å².